The first kappa shape index (κ1) is 16.7. The lowest BCUT2D eigenvalue weighted by Crippen LogP contribution is -2.33. The molecule has 2 aliphatic heterocycles. The molecule has 21 heavy (non-hydrogen) atoms. The maximum Gasteiger partial charge on any atom is 0.155 e. The van der Waals surface area contributed by atoms with Gasteiger partial charge in [0.25, 0.3) is 0 Å². The van der Waals surface area contributed by atoms with Gasteiger partial charge in [-0.2, -0.15) is 0 Å². The van der Waals surface area contributed by atoms with Gasteiger partial charge in [-0.15, -0.1) is 0 Å². The van der Waals surface area contributed by atoms with Crippen LogP contribution in [-0.4, -0.2) is 30.6 Å². The van der Waals surface area contributed by atoms with Crippen LogP contribution in [0.3, 0.4) is 0 Å². The normalized spacial score (nSPS) is 28.9. The van der Waals surface area contributed by atoms with Crippen LogP contribution in [0.15, 0.2) is 12.2 Å². The van der Waals surface area contributed by atoms with Crippen LogP contribution in [0.4, 0.5) is 0 Å². The molecule has 2 rings (SSSR count). The molecule has 120 valence electrons. The van der Waals surface area contributed by atoms with Crippen molar-refractivity contribution in [2.45, 2.75) is 89.4 Å². The second-order valence-corrected chi connectivity index (χ2v) is 6.50. The molecule has 3 heteroatoms. The second kappa shape index (κ2) is 9.37. The van der Waals surface area contributed by atoms with Crippen molar-refractivity contribution < 1.29 is 9.53 Å². The molecule has 0 radical (unpaired) electrons. The third-order valence-corrected chi connectivity index (χ3v) is 4.56. The zero-order chi connectivity index (χ0) is 14.9. The van der Waals surface area contributed by atoms with Gasteiger partial charge in [0.05, 0.1) is 12.2 Å². The Morgan fingerprint density at radius 1 is 1.29 bits per heavy atom. The van der Waals surface area contributed by atoms with E-state index < -0.39 is 0 Å². The fourth-order valence-electron chi connectivity index (χ4n) is 3.17. The highest BCUT2D eigenvalue weighted by Crippen LogP contribution is 2.32. The zero-order valence-electron chi connectivity index (χ0n) is 13.5. The summed E-state index contributed by atoms with van der Waals surface area (Å²) in [5, 5.41) is 3.61. The highest BCUT2D eigenvalue weighted by atomic mass is 16.6. The maximum atomic E-state index is 11.8. The highest BCUT2D eigenvalue weighted by molar-refractivity contribution is 5.89. The molecule has 0 aromatic carbocycles. The molecule has 2 aliphatic rings. The summed E-state index contributed by atoms with van der Waals surface area (Å²) in [6, 6.07) is 0.543. The van der Waals surface area contributed by atoms with E-state index in [1.54, 1.807) is 6.08 Å². The van der Waals surface area contributed by atoms with Gasteiger partial charge in [0.1, 0.15) is 0 Å². The molecule has 0 aromatic heterocycles. The number of hydrogen-bond acceptors (Lipinski definition) is 3. The quantitative estimate of drug-likeness (QED) is 0.400. The van der Waals surface area contributed by atoms with Crippen molar-refractivity contribution in [2.75, 3.05) is 6.54 Å². The fraction of sp³-hybridized carbons (Fsp3) is 0.833. The summed E-state index contributed by atoms with van der Waals surface area (Å²) < 4.78 is 5.66. The van der Waals surface area contributed by atoms with Crippen LogP contribution < -0.4 is 5.32 Å². The highest BCUT2D eigenvalue weighted by Gasteiger charge is 2.40. The first-order valence-corrected chi connectivity index (χ1v) is 8.88. The number of nitrogens with one attached hydrogen (secondary N) is 1. The lowest BCUT2D eigenvalue weighted by Gasteiger charge is -2.19. The molecule has 3 atom stereocenters. The number of hydrogen-bond donors (Lipinski definition) is 1. The molecule has 2 heterocycles. The Morgan fingerprint density at radius 2 is 2.19 bits per heavy atom. The number of carbonyl (C=O) groups is 1. The first-order valence-electron chi connectivity index (χ1n) is 8.88. The van der Waals surface area contributed by atoms with Crippen LogP contribution in [0.5, 0.6) is 0 Å². The van der Waals surface area contributed by atoms with Crippen molar-refractivity contribution in [3.05, 3.63) is 12.2 Å². The third kappa shape index (κ3) is 6.75. The standard InChI is InChI=1S/C18H31NO2/c1-2-3-4-5-6-10-16(20)11-7-9-15-14-18-17(21-18)12-8-13-19-15/h6,10,15,17-19H,2-5,7-9,11-14H2,1H3/b10-6+/t15-,17-,18+/m0/s1. The van der Waals surface area contributed by atoms with Gasteiger partial charge in [-0.1, -0.05) is 25.8 Å². The lowest BCUT2D eigenvalue weighted by atomic mass is 9.99. The summed E-state index contributed by atoms with van der Waals surface area (Å²) in [6.45, 7) is 3.30. The van der Waals surface area contributed by atoms with E-state index in [0.717, 1.165) is 32.2 Å². The molecule has 0 aromatic rings. The Labute approximate surface area is 129 Å². The van der Waals surface area contributed by atoms with Crippen molar-refractivity contribution in [3.8, 4) is 0 Å². The molecule has 0 spiro atoms. The van der Waals surface area contributed by atoms with Gasteiger partial charge in [0.15, 0.2) is 5.78 Å². The third-order valence-electron chi connectivity index (χ3n) is 4.56. The SMILES string of the molecule is CCCCC/C=C/C(=O)CCC[C@H]1C[C@H]2O[C@H]2CCCN1. The first-order chi connectivity index (χ1) is 10.3. The van der Waals surface area contributed by atoms with Gasteiger partial charge in [-0.05, 0) is 57.6 Å². The summed E-state index contributed by atoms with van der Waals surface area (Å²) in [6.07, 6.45) is 16.0. The average Bonchev–Trinajstić information content (AvgIpc) is 3.17. The summed E-state index contributed by atoms with van der Waals surface area (Å²) in [5.74, 6) is 0.290. The molecule has 1 N–H and O–H groups in total. The Hall–Kier alpha value is -0.670. The predicted molar refractivity (Wildman–Crippen MR) is 86.4 cm³/mol. The lowest BCUT2D eigenvalue weighted by molar-refractivity contribution is -0.114. The molecular formula is C18H31NO2. The van der Waals surface area contributed by atoms with E-state index >= 15 is 0 Å². The van der Waals surface area contributed by atoms with Crippen LogP contribution in [0.2, 0.25) is 0 Å². The second-order valence-electron chi connectivity index (χ2n) is 6.50. The van der Waals surface area contributed by atoms with Crippen molar-refractivity contribution >= 4 is 5.78 Å². The molecule has 0 amide bonds. The van der Waals surface area contributed by atoms with Gasteiger partial charge in [0.2, 0.25) is 0 Å². The maximum absolute atomic E-state index is 11.8. The number of unbranched alkanes of at least 4 members (excludes halogenated alkanes) is 3. The van der Waals surface area contributed by atoms with Gasteiger partial charge < -0.3 is 10.1 Å². The van der Waals surface area contributed by atoms with E-state index in [0.29, 0.717) is 24.7 Å². The number of allylic oxidation sites excluding steroid dienone is 2. The van der Waals surface area contributed by atoms with E-state index in [4.69, 9.17) is 4.74 Å². The molecule has 3 nitrogen and oxygen atoms in total. The van der Waals surface area contributed by atoms with Crippen molar-refractivity contribution in [1.29, 1.82) is 0 Å². The minimum Gasteiger partial charge on any atom is -0.370 e. The Bertz CT molecular complexity index is 340. The van der Waals surface area contributed by atoms with Crippen LogP contribution >= 0.6 is 0 Å². The number of rotatable bonds is 9. The minimum atomic E-state index is 0.290. The molecule has 0 bridgehead atoms. The van der Waals surface area contributed by atoms with Crippen LogP contribution in [-0.2, 0) is 9.53 Å². The molecule has 2 fully saturated rings. The molecule has 2 saturated heterocycles. The summed E-state index contributed by atoms with van der Waals surface area (Å²) in [4.78, 5) is 11.8. The van der Waals surface area contributed by atoms with Crippen LogP contribution in [0.1, 0.15) is 71.1 Å². The monoisotopic (exact) mass is 293 g/mol. The Kier molecular flexibility index (Phi) is 7.45. The largest absolute Gasteiger partial charge is 0.370 e. The van der Waals surface area contributed by atoms with Crippen molar-refractivity contribution in [3.63, 3.8) is 0 Å². The van der Waals surface area contributed by atoms with E-state index in [1.807, 2.05) is 0 Å². The number of ketones is 1. The zero-order valence-corrected chi connectivity index (χ0v) is 13.5. The molecule has 0 saturated carbocycles. The number of fused-ring (bicyclic) bond motifs is 1. The smallest absolute Gasteiger partial charge is 0.155 e. The van der Waals surface area contributed by atoms with Crippen LogP contribution in [0.25, 0.3) is 0 Å². The summed E-state index contributed by atoms with van der Waals surface area (Å²) in [7, 11) is 0. The van der Waals surface area contributed by atoms with Crippen LogP contribution in [0, 0.1) is 0 Å². The number of carbonyl (C=O) groups excluding carboxylic acids is 1. The molecule has 0 aliphatic carbocycles. The Morgan fingerprint density at radius 3 is 3.05 bits per heavy atom. The van der Waals surface area contributed by atoms with Gasteiger partial charge in [-0.25, -0.2) is 0 Å². The van der Waals surface area contributed by atoms with E-state index in [2.05, 4.69) is 18.3 Å². The van der Waals surface area contributed by atoms with Gasteiger partial charge >= 0.3 is 0 Å². The van der Waals surface area contributed by atoms with Crippen molar-refractivity contribution in [1.82, 2.24) is 5.32 Å². The Balaban J connectivity index is 1.54. The molecular weight excluding hydrogens is 262 g/mol. The summed E-state index contributed by atoms with van der Waals surface area (Å²) >= 11 is 0. The predicted octanol–water partition coefficient (Wildman–Crippen LogP) is 3.77. The number of epoxide rings is 1. The minimum absolute atomic E-state index is 0.290. The van der Waals surface area contributed by atoms with Crippen molar-refractivity contribution in [2.24, 2.45) is 0 Å². The summed E-state index contributed by atoms with van der Waals surface area (Å²) in [5.41, 5.74) is 0. The van der Waals surface area contributed by atoms with Gasteiger partial charge in [-0.3, -0.25) is 4.79 Å². The molecule has 0 unspecified atom stereocenters. The van der Waals surface area contributed by atoms with E-state index in [1.165, 1.54) is 32.1 Å². The van der Waals surface area contributed by atoms with Gasteiger partial charge in [0, 0.05) is 12.5 Å². The topological polar surface area (TPSA) is 41.6 Å². The van der Waals surface area contributed by atoms with E-state index in [-0.39, 0.29) is 5.78 Å². The fourth-order valence-corrected chi connectivity index (χ4v) is 3.17. The number of ether oxygens (including phenoxy) is 1. The van der Waals surface area contributed by atoms with E-state index in [9.17, 15) is 4.79 Å². The average molecular weight is 293 g/mol.